The number of carbonyl (C=O) groups is 1. The maximum absolute atomic E-state index is 12.8. The normalized spacial score (nSPS) is 12.2. The number of likely N-dealkylation sites (N-methyl/N-ethyl adjacent to an activating group) is 1. The second-order valence-corrected chi connectivity index (χ2v) is 8.04. The summed E-state index contributed by atoms with van der Waals surface area (Å²) in [4.78, 5) is 19.0. The Kier molecular flexibility index (Phi) is 6.01. The van der Waals surface area contributed by atoms with E-state index in [1.165, 1.54) is 17.3 Å². The monoisotopic (exact) mass is 379 g/mol. The Morgan fingerprint density at radius 1 is 1.00 bits per heavy atom. The molecule has 140 valence electrons. The molecule has 4 nitrogen and oxygen atoms in total. The average Bonchev–Trinajstić information content (AvgIpc) is 3.14. The molecule has 0 fully saturated rings. The Hall–Kier alpha value is -2.53. The molecule has 2 aromatic carbocycles. The molecule has 0 radical (unpaired) electrons. The summed E-state index contributed by atoms with van der Waals surface area (Å²) in [5, 5.41) is 0.466. The van der Waals surface area contributed by atoms with Crippen molar-refractivity contribution in [1.29, 1.82) is 0 Å². The fourth-order valence-corrected chi connectivity index (χ4v) is 4.04. The number of hydrogen-bond donors (Lipinski definition) is 0. The van der Waals surface area contributed by atoms with Gasteiger partial charge in [0.2, 0.25) is 5.91 Å². The third kappa shape index (κ3) is 4.42. The lowest BCUT2D eigenvalue weighted by molar-refractivity contribution is -0.128. The van der Waals surface area contributed by atoms with Crippen molar-refractivity contribution in [2.75, 3.05) is 14.1 Å². The number of imidazole rings is 1. The Labute approximate surface area is 165 Å². The number of thioether (sulfide) groups is 1. The van der Waals surface area contributed by atoms with Crippen molar-refractivity contribution in [2.45, 2.75) is 30.2 Å². The van der Waals surface area contributed by atoms with E-state index in [0.717, 1.165) is 16.4 Å². The first-order valence-corrected chi connectivity index (χ1v) is 9.91. The first-order chi connectivity index (χ1) is 13.0. The summed E-state index contributed by atoms with van der Waals surface area (Å²) in [5.74, 6) is 0.548. The first kappa shape index (κ1) is 19.2. The summed E-state index contributed by atoms with van der Waals surface area (Å²) >= 11 is 1.48. The molecule has 0 saturated heterocycles. The summed E-state index contributed by atoms with van der Waals surface area (Å²) in [7, 11) is 3.58. The third-order valence-electron chi connectivity index (χ3n) is 4.44. The lowest BCUT2D eigenvalue weighted by Gasteiger charge is -2.20. The molecule has 1 heterocycles. The third-order valence-corrected chi connectivity index (χ3v) is 5.66. The van der Waals surface area contributed by atoms with E-state index in [1.54, 1.807) is 25.2 Å². The van der Waals surface area contributed by atoms with Crippen LogP contribution in [0.2, 0.25) is 0 Å². The zero-order chi connectivity index (χ0) is 19.4. The number of carbonyl (C=O) groups excluding carboxylic acids is 1. The lowest BCUT2D eigenvalue weighted by Crippen LogP contribution is -2.26. The van der Waals surface area contributed by atoms with Gasteiger partial charge in [-0.2, -0.15) is 0 Å². The van der Waals surface area contributed by atoms with E-state index >= 15 is 0 Å². The molecule has 0 aliphatic rings. The van der Waals surface area contributed by atoms with E-state index in [9.17, 15) is 4.79 Å². The molecule has 0 aliphatic heterocycles. The molecule has 27 heavy (non-hydrogen) atoms. The fraction of sp³-hybridized carbons (Fsp3) is 0.273. The van der Waals surface area contributed by atoms with Gasteiger partial charge in [-0.15, -0.1) is 0 Å². The maximum atomic E-state index is 12.8. The van der Waals surface area contributed by atoms with Crippen LogP contribution in [0.5, 0.6) is 0 Å². The molecule has 0 saturated carbocycles. The fourth-order valence-electron chi connectivity index (χ4n) is 2.82. The first-order valence-electron chi connectivity index (χ1n) is 9.04. The average molecular weight is 380 g/mol. The van der Waals surface area contributed by atoms with Gasteiger partial charge in [-0.3, -0.25) is 9.36 Å². The number of nitrogens with zero attached hydrogens (tertiary/aromatic N) is 3. The molecule has 1 amide bonds. The van der Waals surface area contributed by atoms with Gasteiger partial charge < -0.3 is 4.90 Å². The summed E-state index contributed by atoms with van der Waals surface area (Å²) in [6.07, 6.45) is 3.72. The number of benzene rings is 2. The molecular formula is C22H25N3OS. The van der Waals surface area contributed by atoms with Gasteiger partial charge >= 0.3 is 0 Å². The second-order valence-electron chi connectivity index (χ2n) is 6.97. The summed E-state index contributed by atoms with van der Waals surface area (Å²) in [6, 6.07) is 18.4. The van der Waals surface area contributed by atoms with Crippen molar-refractivity contribution in [1.82, 2.24) is 14.5 Å². The van der Waals surface area contributed by atoms with Crippen LogP contribution in [0.3, 0.4) is 0 Å². The van der Waals surface area contributed by atoms with Gasteiger partial charge in [0.05, 0.1) is 0 Å². The molecule has 0 N–H and O–H groups in total. The van der Waals surface area contributed by atoms with E-state index in [0.29, 0.717) is 5.92 Å². The molecule has 1 aromatic heterocycles. The van der Waals surface area contributed by atoms with Crippen LogP contribution in [-0.4, -0.2) is 34.5 Å². The highest BCUT2D eigenvalue weighted by Crippen LogP contribution is 2.36. The van der Waals surface area contributed by atoms with Gasteiger partial charge in [-0.05, 0) is 29.2 Å². The summed E-state index contributed by atoms with van der Waals surface area (Å²) in [5.41, 5.74) is 3.33. The smallest absolute Gasteiger partial charge is 0.240 e. The Morgan fingerprint density at radius 2 is 1.67 bits per heavy atom. The highest BCUT2D eigenvalue weighted by molar-refractivity contribution is 8.00. The van der Waals surface area contributed by atoms with Crippen LogP contribution >= 0.6 is 11.8 Å². The molecule has 0 spiro atoms. The number of amides is 1. The van der Waals surface area contributed by atoms with Crippen molar-refractivity contribution in [3.05, 3.63) is 78.1 Å². The molecule has 0 aliphatic carbocycles. The molecular weight excluding hydrogens is 354 g/mol. The van der Waals surface area contributed by atoms with Crippen molar-refractivity contribution in [3.63, 3.8) is 0 Å². The minimum atomic E-state index is -0.336. The predicted molar refractivity (Wildman–Crippen MR) is 111 cm³/mol. The van der Waals surface area contributed by atoms with Crippen molar-refractivity contribution < 1.29 is 4.79 Å². The maximum Gasteiger partial charge on any atom is 0.240 e. The van der Waals surface area contributed by atoms with Crippen LogP contribution in [0.4, 0.5) is 0 Å². The van der Waals surface area contributed by atoms with E-state index in [-0.39, 0.29) is 11.2 Å². The van der Waals surface area contributed by atoms with Crippen molar-refractivity contribution in [3.8, 4) is 5.69 Å². The molecule has 1 atom stereocenters. The number of rotatable bonds is 6. The van der Waals surface area contributed by atoms with Gasteiger partial charge in [0.1, 0.15) is 5.25 Å². The lowest BCUT2D eigenvalue weighted by atomic mass is 10.0. The van der Waals surface area contributed by atoms with Gasteiger partial charge in [-0.1, -0.05) is 68.1 Å². The van der Waals surface area contributed by atoms with Crippen LogP contribution in [0.15, 0.2) is 72.1 Å². The summed E-state index contributed by atoms with van der Waals surface area (Å²) < 4.78 is 2.04. The zero-order valence-corrected chi connectivity index (χ0v) is 17.0. The second kappa shape index (κ2) is 8.44. The topological polar surface area (TPSA) is 38.1 Å². The summed E-state index contributed by atoms with van der Waals surface area (Å²) in [6.45, 7) is 4.37. The van der Waals surface area contributed by atoms with Crippen LogP contribution < -0.4 is 0 Å². The predicted octanol–water partition coefficient (Wildman–Crippen LogP) is 4.92. The van der Waals surface area contributed by atoms with E-state index < -0.39 is 0 Å². The minimum Gasteiger partial charge on any atom is -0.348 e. The van der Waals surface area contributed by atoms with E-state index in [2.05, 4.69) is 43.1 Å². The SMILES string of the molecule is CC(C)c1ccc(-n2ccnc2SC(C(=O)N(C)C)c2ccccc2)cc1. The Bertz CT molecular complexity index is 885. The van der Waals surface area contributed by atoms with Gasteiger partial charge in [-0.25, -0.2) is 4.98 Å². The molecule has 1 unspecified atom stereocenters. The van der Waals surface area contributed by atoms with Gasteiger partial charge in [0.25, 0.3) is 0 Å². The largest absolute Gasteiger partial charge is 0.348 e. The Morgan fingerprint density at radius 3 is 2.26 bits per heavy atom. The van der Waals surface area contributed by atoms with Gasteiger partial charge in [0, 0.05) is 32.2 Å². The molecule has 0 bridgehead atoms. The van der Waals surface area contributed by atoms with Crippen molar-refractivity contribution in [2.24, 2.45) is 0 Å². The highest BCUT2D eigenvalue weighted by atomic mass is 32.2. The van der Waals surface area contributed by atoms with Crippen LogP contribution in [0, 0.1) is 0 Å². The van der Waals surface area contributed by atoms with Crippen LogP contribution in [-0.2, 0) is 4.79 Å². The number of hydrogen-bond acceptors (Lipinski definition) is 3. The van der Waals surface area contributed by atoms with Crippen LogP contribution in [0.25, 0.3) is 5.69 Å². The van der Waals surface area contributed by atoms with E-state index in [1.807, 2.05) is 41.1 Å². The van der Waals surface area contributed by atoms with Crippen molar-refractivity contribution >= 4 is 17.7 Å². The van der Waals surface area contributed by atoms with Gasteiger partial charge in [0.15, 0.2) is 5.16 Å². The zero-order valence-electron chi connectivity index (χ0n) is 16.2. The van der Waals surface area contributed by atoms with Crippen LogP contribution in [0.1, 0.15) is 36.1 Å². The Balaban J connectivity index is 1.92. The molecule has 3 aromatic rings. The molecule has 3 rings (SSSR count). The standard InChI is InChI=1S/C22H25N3OS/c1-16(2)17-10-12-19(13-11-17)25-15-14-23-22(25)27-20(21(26)24(3)4)18-8-6-5-7-9-18/h5-16,20H,1-4H3. The quantitative estimate of drug-likeness (QED) is 0.571. The highest BCUT2D eigenvalue weighted by Gasteiger charge is 2.25. The van der Waals surface area contributed by atoms with E-state index in [4.69, 9.17) is 0 Å². The number of aromatic nitrogens is 2. The molecule has 5 heteroatoms. The minimum absolute atomic E-state index is 0.0518.